The quantitative estimate of drug-likeness (QED) is 0.377. The first-order chi connectivity index (χ1) is 11.6. The van der Waals surface area contributed by atoms with E-state index in [0.29, 0.717) is 12.5 Å². The number of halogens is 1. The molecule has 0 saturated carbocycles. The standard InChI is InChI=1S/C19H32N4O2.HI/c1-14-8-10-16(11-9-14)25-15(2)12-21-18(20-6)23(7)13-17(24)22-19(3,4)5;/h8-11,15H,12-13H2,1-7H3,(H,20,21)(H,22,24);1H. The summed E-state index contributed by atoms with van der Waals surface area (Å²) in [6.45, 7) is 10.7. The van der Waals surface area contributed by atoms with Crippen LogP contribution in [0.25, 0.3) is 0 Å². The number of benzene rings is 1. The van der Waals surface area contributed by atoms with E-state index in [1.807, 2.05) is 65.9 Å². The van der Waals surface area contributed by atoms with E-state index in [1.54, 1.807) is 11.9 Å². The highest BCUT2D eigenvalue weighted by Gasteiger charge is 2.17. The van der Waals surface area contributed by atoms with Crippen LogP contribution in [0.5, 0.6) is 5.75 Å². The number of aliphatic imine (C=N–C) groups is 1. The lowest BCUT2D eigenvalue weighted by Gasteiger charge is -2.26. The molecule has 1 aromatic rings. The van der Waals surface area contributed by atoms with E-state index < -0.39 is 0 Å². The van der Waals surface area contributed by atoms with Gasteiger partial charge >= 0.3 is 0 Å². The van der Waals surface area contributed by atoms with Crippen LogP contribution in [0.15, 0.2) is 29.3 Å². The Kier molecular flexibility index (Phi) is 10.6. The van der Waals surface area contributed by atoms with Crippen molar-refractivity contribution < 1.29 is 9.53 Å². The Hall–Kier alpha value is -1.51. The third kappa shape index (κ3) is 9.84. The van der Waals surface area contributed by atoms with Crippen LogP contribution in [-0.2, 0) is 4.79 Å². The fourth-order valence-corrected chi connectivity index (χ4v) is 2.26. The Morgan fingerprint density at radius 1 is 1.27 bits per heavy atom. The highest BCUT2D eigenvalue weighted by Crippen LogP contribution is 2.13. The molecule has 1 amide bonds. The molecule has 1 atom stereocenters. The maximum atomic E-state index is 12.0. The van der Waals surface area contributed by atoms with Gasteiger partial charge in [0, 0.05) is 19.6 Å². The molecule has 1 rings (SSSR count). The number of guanidine groups is 1. The van der Waals surface area contributed by atoms with Crippen LogP contribution in [0.1, 0.15) is 33.3 Å². The van der Waals surface area contributed by atoms with E-state index in [-0.39, 0.29) is 48.1 Å². The van der Waals surface area contributed by atoms with Crippen molar-refractivity contribution in [2.45, 2.75) is 46.3 Å². The van der Waals surface area contributed by atoms with Gasteiger partial charge in [-0.25, -0.2) is 0 Å². The zero-order valence-electron chi connectivity index (χ0n) is 16.9. The Balaban J connectivity index is 0.00000625. The Morgan fingerprint density at radius 3 is 2.35 bits per heavy atom. The first-order valence-corrected chi connectivity index (χ1v) is 8.57. The SMILES string of the molecule is CN=C(NCC(C)Oc1ccc(C)cc1)N(C)CC(=O)NC(C)(C)C.I. The van der Waals surface area contributed by atoms with Crippen LogP contribution in [0.2, 0.25) is 0 Å². The minimum absolute atomic E-state index is 0. The molecule has 0 fully saturated rings. The van der Waals surface area contributed by atoms with Crippen molar-refractivity contribution in [2.24, 2.45) is 4.99 Å². The first kappa shape index (κ1) is 24.5. The molecule has 0 bridgehead atoms. The molecule has 2 N–H and O–H groups in total. The van der Waals surface area contributed by atoms with Crippen molar-refractivity contribution in [2.75, 3.05) is 27.2 Å². The highest BCUT2D eigenvalue weighted by atomic mass is 127. The van der Waals surface area contributed by atoms with E-state index in [1.165, 1.54) is 5.56 Å². The van der Waals surface area contributed by atoms with E-state index >= 15 is 0 Å². The molecule has 0 saturated heterocycles. The average Bonchev–Trinajstić information content (AvgIpc) is 2.48. The molecule has 6 nitrogen and oxygen atoms in total. The second-order valence-electron chi connectivity index (χ2n) is 7.32. The summed E-state index contributed by atoms with van der Waals surface area (Å²) in [6.07, 6.45) is -0.0312. The van der Waals surface area contributed by atoms with Crippen molar-refractivity contribution in [3.8, 4) is 5.75 Å². The van der Waals surface area contributed by atoms with E-state index in [9.17, 15) is 4.79 Å². The molecule has 7 heteroatoms. The van der Waals surface area contributed by atoms with Crippen LogP contribution >= 0.6 is 24.0 Å². The van der Waals surface area contributed by atoms with Gasteiger partial charge in [-0.2, -0.15) is 0 Å². The van der Waals surface area contributed by atoms with Gasteiger partial charge in [0.2, 0.25) is 5.91 Å². The minimum Gasteiger partial charge on any atom is -0.489 e. The van der Waals surface area contributed by atoms with Gasteiger partial charge in [0.1, 0.15) is 11.9 Å². The van der Waals surface area contributed by atoms with Crippen LogP contribution in [0.3, 0.4) is 0 Å². The van der Waals surface area contributed by atoms with Gasteiger partial charge in [0.25, 0.3) is 0 Å². The van der Waals surface area contributed by atoms with Gasteiger partial charge in [0.05, 0.1) is 13.1 Å². The number of amides is 1. The third-order valence-electron chi connectivity index (χ3n) is 3.37. The lowest BCUT2D eigenvalue weighted by atomic mass is 10.1. The lowest BCUT2D eigenvalue weighted by molar-refractivity contribution is -0.122. The molecule has 0 aliphatic rings. The number of hydrogen-bond donors (Lipinski definition) is 2. The van der Waals surface area contributed by atoms with E-state index in [4.69, 9.17) is 4.74 Å². The number of carbonyl (C=O) groups is 1. The molecule has 0 aliphatic carbocycles. The summed E-state index contributed by atoms with van der Waals surface area (Å²) in [4.78, 5) is 18.1. The molecule has 1 unspecified atom stereocenters. The zero-order chi connectivity index (χ0) is 19.0. The first-order valence-electron chi connectivity index (χ1n) is 8.57. The molecule has 0 heterocycles. The van der Waals surface area contributed by atoms with Crippen LogP contribution < -0.4 is 15.4 Å². The molecule has 26 heavy (non-hydrogen) atoms. The number of hydrogen-bond acceptors (Lipinski definition) is 3. The summed E-state index contributed by atoms with van der Waals surface area (Å²) in [6, 6.07) is 7.97. The van der Waals surface area contributed by atoms with Crippen LogP contribution in [0, 0.1) is 6.92 Å². The minimum atomic E-state index is -0.245. The van der Waals surface area contributed by atoms with Crippen molar-refractivity contribution >= 4 is 35.8 Å². The summed E-state index contributed by atoms with van der Waals surface area (Å²) in [7, 11) is 3.54. The summed E-state index contributed by atoms with van der Waals surface area (Å²) in [5.74, 6) is 1.46. The number of carbonyl (C=O) groups excluding carboxylic acids is 1. The number of nitrogens with zero attached hydrogens (tertiary/aromatic N) is 2. The topological polar surface area (TPSA) is 66.0 Å². The van der Waals surface area contributed by atoms with Crippen molar-refractivity contribution in [3.05, 3.63) is 29.8 Å². The Labute approximate surface area is 174 Å². The third-order valence-corrected chi connectivity index (χ3v) is 3.37. The van der Waals surface area contributed by atoms with Gasteiger partial charge in [-0.05, 0) is 46.8 Å². The Morgan fingerprint density at radius 2 is 1.85 bits per heavy atom. The van der Waals surface area contributed by atoms with Crippen LogP contribution in [-0.4, -0.2) is 55.6 Å². The number of aryl methyl sites for hydroxylation is 1. The lowest BCUT2D eigenvalue weighted by Crippen LogP contribution is -2.49. The predicted octanol–water partition coefficient (Wildman–Crippen LogP) is 2.80. The second kappa shape index (κ2) is 11.3. The molecule has 0 spiro atoms. The smallest absolute Gasteiger partial charge is 0.240 e. The number of likely N-dealkylation sites (N-methyl/N-ethyl adjacent to an activating group) is 1. The number of ether oxygens (including phenoxy) is 1. The molecular formula is C19H33IN4O2. The molecule has 0 radical (unpaired) electrons. The fourth-order valence-electron chi connectivity index (χ4n) is 2.26. The Bertz CT molecular complexity index is 582. The second-order valence-corrected chi connectivity index (χ2v) is 7.32. The van der Waals surface area contributed by atoms with Gasteiger partial charge in [-0.3, -0.25) is 9.79 Å². The average molecular weight is 476 g/mol. The maximum absolute atomic E-state index is 12.0. The monoisotopic (exact) mass is 476 g/mol. The normalized spacial score (nSPS) is 12.7. The molecular weight excluding hydrogens is 443 g/mol. The van der Waals surface area contributed by atoms with Crippen molar-refractivity contribution in [1.82, 2.24) is 15.5 Å². The summed E-state index contributed by atoms with van der Waals surface area (Å²) in [5, 5.41) is 6.18. The predicted molar refractivity (Wildman–Crippen MR) is 119 cm³/mol. The van der Waals surface area contributed by atoms with Gasteiger partial charge in [0.15, 0.2) is 5.96 Å². The van der Waals surface area contributed by atoms with Gasteiger partial charge < -0.3 is 20.3 Å². The zero-order valence-corrected chi connectivity index (χ0v) is 19.3. The van der Waals surface area contributed by atoms with Crippen molar-refractivity contribution in [1.29, 1.82) is 0 Å². The number of rotatable bonds is 6. The van der Waals surface area contributed by atoms with Crippen LogP contribution in [0.4, 0.5) is 0 Å². The number of nitrogens with one attached hydrogen (secondary N) is 2. The maximum Gasteiger partial charge on any atom is 0.240 e. The molecule has 148 valence electrons. The van der Waals surface area contributed by atoms with Crippen molar-refractivity contribution in [3.63, 3.8) is 0 Å². The molecule has 1 aromatic carbocycles. The summed E-state index contributed by atoms with van der Waals surface area (Å²) in [5.41, 5.74) is 0.958. The van der Waals surface area contributed by atoms with Gasteiger partial charge in [-0.15, -0.1) is 24.0 Å². The largest absolute Gasteiger partial charge is 0.489 e. The van der Waals surface area contributed by atoms with E-state index in [0.717, 1.165) is 5.75 Å². The van der Waals surface area contributed by atoms with Gasteiger partial charge in [-0.1, -0.05) is 17.7 Å². The highest BCUT2D eigenvalue weighted by molar-refractivity contribution is 14.0. The summed E-state index contributed by atoms with van der Waals surface area (Å²) < 4.78 is 5.88. The molecule has 0 aliphatic heterocycles. The summed E-state index contributed by atoms with van der Waals surface area (Å²) >= 11 is 0. The van der Waals surface area contributed by atoms with E-state index in [2.05, 4.69) is 15.6 Å². The molecule has 0 aromatic heterocycles. The fraction of sp³-hybridized carbons (Fsp3) is 0.579.